The van der Waals surface area contributed by atoms with E-state index in [1.807, 2.05) is 19.1 Å². The summed E-state index contributed by atoms with van der Waals surface area (Å²) >= 11 is 0. The van der Waals surface area contributed by atoms with Crippen molar-refractivity contribution in [2.24, 2.45) is 57.4 Å². The molecule has 1 aromatic rings. The molecule has 1 aromatic carbocycles. The highest BCUT2D eigenvalue weighted by Gasteiger charge is 2.60. The van der Waals surface area contributed by atoms with Gasteiger partial charge in [-0.15, -0.1) is 0 Å². The van der Waals surface area contributed by atoms with Gasteiger partial charge in [0.15, 0.2) is 0 Å². The summed E-state index contributed by atoms with van der Waals surface area (Å²) in [6.45, 7) is 14.5. The smallest absolute Gasteiger partial charge is 0.200 e. The van der Waals surface area contributed by atoms with Crippen molar-refractivity contribution in [2.75, 3.05) is 0 Å². The van der Waals surface area contributed by atoms with Crippen LogP contribution < -0.4 is 4.83 Å². The average molecular weight is 555 g/mol. The van der Waals surface area contributed by atoms with E-state index in [-0.39, 0.29) is 4.90 Å². The molecular weight excluding hydrogens is 500 g/mol. The molecule has 0 bridgehead atoms. The monoisotopic (exact) mass is 554 g/mol. The normalized spacial score (nSPS) is 38.2. The average Bonchev–Trinajstić information content (AvgIpc) is 3.25. The van der Waals surface area contributed by atoms with E-state index in [0.717, 1.165) is 66.0 Å². The molecule has 0 saturated heterocycles. The first-order valence-corrected chi connectivity index (χ1v) is 17.6. The van der Waals surface area contributed by atoms with Gasteiger partial charge < -0.3 is 0 Å². The summed E-state index contributed by atoms with van der Waals surface area (Å²) in [6, 6.07) is 6.99. The van der Waals surface area contributed by atoms with Crippen LogP contribution in [0.4, 0.5) is 0 Å². The Hall–Kier alpha value is -1.36. The minimum Gasteiger partial charge on any atom is -0.200 e. The lowest BCUT2D eigenvalue weighted by atomic mass is 9.44. The number of hydrogen-bond acceptors (Lipinski definition) is 3. The first-order chi connectivity index (χ1) is 18.4. The largest absolute Gasteiger partial charge is 0.276 e. The standard InChI is InChI=1S/C34H54N2O2S/c1-23(2)8-7-9-25(4)30-16-17-31-29-15-12-26-22-27(18-20-33(26,5)32(29)19-21-34(30,31)6)35-36-39(37,38)28-13-10-24(3)11-14-28/h10-11,13-14,23,25-26,29-32,36H,7-9,12,15-22H2,1-6H3/b35-27+. The molecule has 4 aliphatic rings. The zero-order chi connectivity index (χ0) is 28.0. The minimum absolute atomic E-state index is 0.285. The van der Waals surface area contributed by atoms with Crippen LogP contribution in [0.5, 0.6) is 0 Å². The predicted molar refractivity (Wildman–Crippen MR) is 162 cm³/mol. The van der Waals surface area contributed by atoms with Crippen LogP contribution in [0.15, 0.2) is 34.3 Å². The lowest BCUT2D eigenvalue weighted by molar-refractivity contribution is -0.105. The van der Waals surface area contributed by atoms with E-state index in [4.69, 9.17) is 0 Å². The predicted octanol–water partition coefficient (Wildman–Crippen LogP) is 8.75. The van der Waals surface area contributed by atoms with Crippen molar-refractivity contribution in [3.63, 3.8) is 0 Å². The molecule has 5 heteroatoms. The Labute approximate surface area is 239 Å². The lowest BCUT2D eigenvalue weighted by Crippen LogP contribution is -2.53. The summed E-state index contributed by atoms with van der Waals surface area (Å²) in [5.41, 5.74) is 3.01. The van der Waals surface area contributed by atoms with Crippen molar-refractivity contribution < 1.29 is 8.42 Å². The maximum absolute atomic E-state index is 12.8. The van der Waals surface area contributed by atoms with E-state index in [9.17, 15) is 8.42 Å². The zero-order valence-corrected chi connectivity index (χ0v) is 26.3. The fraction of sp³-hybridized carbons (Fsp3) is 0.794. The van der Waals surface area contributed by atoms with Gasteiger partial charge in [0.1, 0.15) is 0 Å². The van der Waals surface area contributed by atoms with Crippen molar-refractivity contribution >= 4 is 15.7 Å². The molecule has 0 radical (unpaired) electrons. The number of nitrogens with one attached hydrogen (secondary N) is 1. The number of fused-ring (bicyclic) bond motifs is 5. The molecule has 8 atom stereocenters. The maximum Gasteiger partial charge on any atom is 0.276 e. The molecule has 0 spiro atoms. The third-order valence-corrected chi connectivity index (χ3v) is 13.6. The number of hydrogen-bond donors (Lipinski definition) is 1. The molecule has 0 amide bonds. The van der Waals surface area contributed by atoms with Crippen LogP contribution >= 0.6 is 0 Å². The SMILES string of the molecule is Cc1ccc(S(=O)(=O)N/N=C2\CCC3(C)C(CCC4C3CCC3(C)C(C(C)CCCC(C)C)CCC43)C2)cc1. The molecule has 1 N–H and O–H groups in total. The van der Waals surface area contributed by atoms with Gasteiger partial charge in [-0.25, -0.2) is 4.83 Å². The van der Waals surface area contributed by atoms with Crippen LogP contribution in [-0.4, -0.2) is 14.1 Å². The Kier molecular flexibility index (Phi) is 8.32. The molecule has 0 aromatic heterocycles. The van der Waals surface area contributed by atoms with E-state index < -0.39 is 10.0 Å². The summed E-state index contributed by atoms with van der Waals surface area (Å²) in [4.78, 5) is 2.85. The van der Waals surface area contributed by atoms with E-state index in [2.05, 4.69) is 44.6 Å². The molecule has 4 aliphatic carbocycles. The second kappa shape index (κ2) is 11.1. The molecule has 4 nitrogen and oxygen atoms in total. The van der Waals surface area contributed by atoms with Crippen LogP contribution in [0.1, 0.15) is 117 Å². The van der Waals surface area contributed by atoms with Gasteiger partial charge in [0, 0.05) is 5.71 Å². The van der Waals surface area contributed by atoms with Gasteiger partial charge >= 0.3 is 0 Å². The van der Waals surface area contributed by atoms with Crippen LogP contribution in [0.2, 0.25) is 0 Å². The molecule has 8 unspecified atom stereocenters. The van der Waals surface area contributed by atoms with Crippen molar-refractivity contribution in [3.05, 3.63) is 29.8 Å². The minimum atomic E-state index is -3.62. The maximum atomic E-state index is 12.8. The van der Waals surface area contributed by atoms with Crippen molar-refractivity contribution in [1.82, 2.24) is 4.83 Å². The lowest BCUT2D eigenvalue weighted by Gasteiger charge is -2.61. The first-order valence-electron chi connectivity index (χ1n) is 16.1. The molecule has 4 fully saturated rings. The third-order valence-electron chi connectivity index (χ3n) is 12.4. The van der Waals surface area contributed by atoms with E-state index >= 15 is 0 Å². The van der Waals surface area contributed by atoms with Gasteiger partial charge in [-0.05, 0) is 129 Å². The fourth-order valence-electron chi connectivity index (χ4n) is 10.1. The summed E-state index contributed by atoms with van der Waals surface area (Å²) < 4.78 is 25.6. The Bertz CT molecular complexity index is 1140. The summed E-state index contributed by atoms with van der Waals surface area (Å²) in [5, 5.41) is 4.49. The van der Waals surface area contributed by atoms with Gasteiger partial charge in [0.05, 0.1) is 4.90 Å². The van der Waals surface area contributed by atoms with Crippen molar-refractivity contribution in [3.8, 4) is 0 Å². The van der Waals surface area contributed by atoms with Crippen LogP contribution in [0, 0.1) is 59.2 Å². The molecular formula is C34H54N2O2S. The Morgan fingerprint density at radius 2 is 1.64 bits per heavy atom. The van der Waals surface area contributed by atoms with Gasteiger partial charge in [0.2, 0.25) is 0 Å². The number of rotatable bonds is 8. The number of benzene rings is 1. The Morgan fingerprint density at radius 1 is 0.923 bits per heavy atom. The number of aryl methyl sites for hydroxylation is 1. The van der Waals surface area contributed by atoms with Gasteiger partial charge in [0.25, 0.3) is 10.0 Å². The molecule has 4 saturated carbocycles. The highest BCUT2D eigenvalue weighted by atomic mass is 32.2. The van der Waals surface area contributed by atoms with E-state index in [1.54, 1.807) is 12.1 Å². The van der Waals surface area contributed by atoms with Gasteiger partial charge in [-0.3, -0.25) is 0 Å². The van der Waals surface area contributed by atoms with E-state index in [0.29, 0.717) is 16.7 Å². The molecule has 39 heavy (non-hydrogen) atoms. The first kappa shape index (κ1) is 29.1. The van der Waals surface area contributed by atoms with Crippen LogP contribution in [0.3, 0.4) is 0 Å². The third kappa shape index (κ3) is 5.60. The summed E-state index contributed by atoms with van der Waals surface area (Å²) in [7, 11) is -3.62. The fourth-order valence-corrected chi connectivity index (χ4v) is 10.9. The summed E-state index contributed by atoms with van der Waals surface area (Å²) in [5.74, 6) is 5.85. The van der Waals surface area contributed by atoms with Crippen LogP contribution in [0.25, 0.3) is 0 Å². The number of hydrazone groups is 1. The highest BCUT2D eigenvalue weighted by molar-refractivity contribution is 7.89. The van der Waals surface area contributed by atoms with Crippen LogP contribution in [-0.2, 0) is 10.0 Å². The van der Waals surface area contributed by atoms with Gasteiger partial charge in [-0.2, -0.15) is 13.5 Å². The van der Waals surface area contributed by atoms with E-state index in [1.165, 1.54) is 57.8 Å². The number of nitrogens with zero attached hydrogens (tertiary/aromatic N) is 1. The quantitative estimate of drug-likeness (QED) is 0.327. The molecule has 0 heterocycles. The summed E-state index contributed by atoms with van der Waals surface area (Å²) in [6.07, 6.45) is 15.6. The zero-order valence-electron chi connectivity index (χ0n) is 25.5. The highest BCUT2D eigenvalue weighted by Crippen LogP contribution is 2.68. The molecule has 218 valence electrons. The second-order valence-electron chi connectivity index (χ2n) is 15.0. The van der Waals surface area contributed by atoms with Crippen molar-refractivity contribution in [1.29, 1.82) is 0 Å². The van der Waals surface area contributed by atoms with Gasteiger partial charge in [-0.1, -0.05) is 71.6 Å². The second-order valence-corrected chi connectivity index (χ2v) is 16.6. The Morgan fingerprint density at radius 3 is 2.36 bits per heavy atom. The molecule has 0 aliphatic heterocycles. The molecule has 5 rings (SSSR count). The topological polar surface area (TPSA) is 58.5 Å². The van der Waals surface area contributed by atoms with Crippen molar-refractivity contribution in [2.45, 2.75) is 123 Å². The number of sulfonamides is 1. The Balaban J connectivity index is 1.23.